The first kappa shape index (κ1) is 13.6. The fraction of sp³-hybridized carbons (Fsp3) is 0.417. The predicted molar refractivity (Wildman–Crippen MR) is 74.4 cm³/mol. The summed E-state index contributed by atoms with van der Waals surface area (Å²) in [7, 11) is 0. The molecule has 0 spiro atoms. The van der Waals surface area contributed by atoms with Crippen LogP contribution in [0.1, 0.15) is 24.8 Å². The van der Waals surface area contributed by atoms with Gasteiger partial charge >= 0.3 is 0 Å². The van der Waals surface area contributed by atoms with E-state index >= 15 is 0 Å². The standard InChI is InChI=1S/C12H16BrNOS/c13-11-6-4-10(5-7-11)9-15-8-2-1-3-12(14)16/h4-7H,1-3,8-9H2,(H2,14,16). The normalized spacial score (nSPS) is 10.3. The summed E-state index contributed by atoms with van der Waals surface area (Å²) in [5.41, 5.74) is 6.59. The first-order valence-corrected chi connectivity index (χ1v) is 6.49. The Kier molecular flexibility index (Phi) is 6.61. The number of halogens is 1. The van der Waals surface area contributed by atoms with Crippen molar-refractivity contribution in [3.63, 3.8) is 0 Å². The molecule has 1 rings (SSSR count). The molecular formula is C12H16BrNOS. The van der Waals surface area contributed by atoms with Crippen molar-refractivity contribution >= 4 is 33.1 Å². The summed E-state index contributed by atoms with van der Waals surface area (Å²) in [4.78, 5) is 0.591. The van der Waals surface area contributed by atoms with Gasteiger partial charge in [0.25, 0.3) is 0 Å². The minimum absolute atomic E-state index is 0.591. The molecule has 0 fully saturated rings. The Hall–Kier alpha value is -0.450. The summed E-state index contributed by atoms with van der Waals surface area (Å²) in [6.07, 6.45) is 2.83. The van der Waals surface area contributed by atoms with Crippen LogP contribution in [0, 0.1) is 0 Å². The van der Waals surface area contributed by atoms with Gasteiger partial charge in [0.2, 0.25) is 0 Å². The summed E-state index contributed by atoms with van der Waals surface area (Å²) >= 11 is 8.19. The molecule has 2 nitrogen and oxygen atoms in total. The molecule has 0 saturated heterocycles. The van der Waals surface area contributed by atoms with Crippen molar-refractivity contribution in [2.75, 3.05) is 6.61 Å². The number of nitrogens with two attached hydrogens (primary N) is 1. The van der Waals surface area contributed by atoms with Crippen LogP contribution in [0.4, 0.5) is 0 Å². The number of benzene rings is 1. The predicted octanol–water partition coefficient (Wildman–Crippen LogP) is 3.42. The van der Waals surface area contributed by atoms with Gasteiger partial charge in [0.05, 0.1) is 11.6 Å². The van der Waals surface area contributed by atoms with E-state index in [1.54, 1.807) is 0 Å². The van der Waals surface area contributed by atoms with E-state index in [2.05, 4.69) is 28.1 Å². The molecule has 0 saturated carbocycles. The van der Waals surface area contributed by atoms with E-state index < -0.39 is 0 Å². The zero-order chi connectivity index (χ0) is 11.8. The number of unbranched alkanes of at least 4 members (excludes halogenated alkanes) is 1. The van der Waals surface area contributed by atoms with E-state index in [1.807, 2.05) is 12.1 Å². The SMILES string of the molecule is NC(=S)CCCCOCc1ccc(Br)cc1. The molecule has 16 heavy (non-hydrogen) atoms. The van der Waals surface area contributed by atoms with Gasteiger partial charge in [-0.15, -0.1) is 0 Å². The van der Waals surface area contributed by atoms with Gasteiger partial charge in [0.1, 0.15) is 0 Å². The lowest BCUT2D eigenvalue weighted by Crippen LogP contribution is -2.07. The second kappa shape index (κ2) is 7.76. The first-order valence-electron chi connectivity index (χ1n) is 5.29. The smallest absolute Gasteiger partial charge is 0.0727 e. The summed E-state index contributed by atoms with van der Waals surface area (Å²) < 4.78 is 6.63. The van der Waals surface area contributed by atoms with Gasteiger partial charge < -0.3 is 10.5 Å². The van der Waals surface area contributed by atoms with Crippen LogP contribution < -0.4 is 5.73 Å². The second-order valence-electron chi connectivity index (χ2n) is 3.60. The topological polar surface area (TPSA) is 35.2 Å². The second-order valence-corrected chi connectivity index (χ2v) is 5.04. The van der Waals surface area contributed by atoms with Crippen molar-refractivity contribution < 1.29 is 4.74 Å². The maximum Gasteiger partial charge on any atom is 0.0727 e. The van der Waals surface area contributed by atoms with Crippen LogP contribution in [0.3, 0.4) is 0 Å². The zero-order valence-electron chi connectivity index (χ0n) is 9.12. The molecule has 0 aliphatic rings. The van der Waals surface area contributed by atoms with Crippen LogP contribution in [-0.2, 0) is 11.3 Å². The summed E-state index contributed by atoms with van der Waals surface area (Å²) in [5.74, 6) is 0. The average Bonchev–Trinajstić information content (AvgIpc) is 2.25. The minimum Gasteiger partial charge on any atom is -0.393 e. The van der Waals surface area contributed by atoms with Gasteiger partial charge in [-0.05, 0) is 37.0 Å². The quantitative estimate of drug-likeness (QED) is 0.619. The van der Waals surface area contributed by atoms with Crippen molar-refractivity contribution in [2.24, 2.45) is 5.73 Å². The maximum absolute atomic E-state index is 5.54. The molecule has 1 aromatic carbocycles. The molecule has 4 heteroatoms. The molecule has 0 aromatic heterocycles. The van der Waals surface area contributed by atoms with Crippen molar-refractivity contribution in [3.05, 3.63) is 34.3 Å². The summed E-state index contributed by atoms with van der Waals surface area (Å²) in [6.45, 7) is 1.43. The van der Waals surface area contributed by atoms with Gasteiger partial charge in [-0.3, -0.25) is 0 Å². The van der Waals surface area contributed by atoms with Crippen LogP contribution in [0.5, 0.6) is 0 Å². The molecule has 0 aliphatic carbocycles. The minimum atomic E-state index is 0.591. The molecule has 0 heterocycles. The average molecular weight is 302 g/mol. The van der Waals surface area contributed by atoms with Crippen molar-refractivity contribution in [1.29, 1.82) is 0 Å². The lowest BCUT2D eigenvalue weighted by molar-refractivity contribution is 0.117. The van der Waals surface area contributed by atoms with E-state index in [0.717, 1.165) is 30.3 Å². The third kappa shape index (κ3) is 6.20. The Morgan fingerprint density at radius 2 is 1.94 bits per heavy atom. The van der Waals surface area contributed by atoms with E-state index in [0.29, 0.717) is 11.6 Å². The van der Waals surface area contributed by atoms with Gasteiger partial charge in [-0.25, -0.2) is 0 Å². The summed E-state index contributed by atoms with van der Waals surface area (Å²) in [6, 6.07) is 8.15. The molecule has 0 bridgehead atoms. The van der Waals surface area contributed by atoms with Crippen LogP contribution in [0.25, 0.3) is 0 Å². The Morgan fingerprint density at radius 1 is 1.25 bits per heavy atom. The van der Waals surface area contributed by atoms with Crippen LogP contribution in [0.2, 0.25) is 0 Å². The number of hydrogen-bond acceptors (Lipinski definition) is 2. The van der Waals surface area contributed by atoms with E-state index in [4.69, 9.17) is 22.7 Å². The van der Waals surface area contributed by atoms with Crippen LogP contribution in [0.15, 0.2) is 28.7 Å². The van der Waals surface area contributed by atoms with E-state index in [1.165, 1.54) is 5.56 Å². The third-order valence-corrected chi connectivity index (χ3v) is 2.88. The van der Waals surface area contributed by atoms with E-state index in [9.17, 15) is 0 Å². The van der Waals surface area contributed by atoms with Gasteiger partial charge in [-0.1, -0.05) is 40.3 Å². The van der Waals surface area contributed by atoms with Crippen LogP contribution >= 0.6 is 28.1 Å². The Morgan fingerprint density at radius 3 is 2.56 bits per heavy atom. The Balaban J connectivity index is 2.07. The van der Waals surface area contributed by atoms with Crippen molar-refractivity contribution in [3.8, 4) is 0 Å². The molecule has 2 N–H and O–H groups in total. The molecule has 0 unspecified atom stereocenters. The fourth-order valence-corrected chi connectivity index (χ4v) is 1.68. The first-order chi connectivity index (χ1) is 7.68. The van der Waals surface area contributed by atoms with Gasteiger partial charge in [0, 0.05) is 11.1 Å². The van der Waals surface area contributed by atoms with Crippen molar-refractivity contribution in [1.82, 2.24) is 0 Å². The highest BCUT2D eigenvalue weighted by Crippen LogP contribution is 2.11. The molecular weight excluding hydrogens is 286 g/mol. The van der Waals surface area contributed by atoms with Gasteiger partial charge in [0.15, 0.2) is 0 Å². The Labute approximate surface area is 110 Å². The monoisotopic (exact) mass is 301 g/mol. The lowest BCUT2D eigenvalue weighted by atomic mass is 10.2. The molecule has 0 amide bonds. The number of rotatable bonds is 7. The van der Waals surface area contributed by atoms with Crippen LogP contribution in [-0.4, -0.2) is 11.6 Å². The highest BCUT2D eigenvalue weighted by atomic mass is 79.9. The van der Waals surface area contributed by atoms with E-state index in [-0.39, 0.29) is 0 Å². The lowest BCUT2D eigenvalue weighted by Gasteiger charge is -2.04. The number of thiocarbonyl (C=S) groups is 1. The Bertz CT molecular complexity index is 326. The fourth-order valence-electron chi connectivity index (χ4n) is 1.27. The number of ether oxygens (including phenoxy) is 1. The van der Waals surface area contributed by atoms with Gasteiger partial charge in [-0.2, -0.15) is 0 Å². The molecule has 0 radical (unpaired) electrons. The highest BCUT2D eigenvalue weighted by molar-refractivity contribution is 9.10. The molecule has 1 aromatic rings. The summed E-state index contributed by atoms with van der Waals surface area (Å²) in [5, 5.41) is 0. The zero-order valence-corrected chi connectivity index (χ0v) is 11.5. The maximum atomic E-state index is 5.54. The third-order valence-electron chi connectivity index (χ3n) is 2.14. The molecule has 88 valence electrons. The van der Waals surface area contributed by atoms with Crippen molar-refractivity contribution in [2.45, 2.75) is 25.9 Å². The molecule has 0 aliphatic heterocycles. The molecule has 0 atom stereocenters. The highest BCUT2D eigenvalue weighted by Gasteiger charge is 1.94. The number of hydrogen-bond donors (Lipinski definition) is 1. The largest absolute Gasteiger partial charge is 0.393 e.